The summed E-state index contributed by atoms with van der Waals surface area (Å²) in [6.45, 7) is 0. The predicted molar refractivity (Wildman–Crippen MR) is 24.3 cm³/mol. The minimum Gasteiger partial charge on any atom is -0.538 e. The van der Waals surface area contributed by atoms with Gasteiger partial charge in [-0.25, -0.2) is 4.79 Å². The molecule has 5 heteroatoms. The van der Waals surface area contributed by atoms with Gasteiger partial charge in [0, 0.05) is 0 Å². The van der Waals surface area contributed by atoms with Gasteiger partial charge < -0.3 is 10.1 Å². The molecule has 0 radical (unpaired) electrons. The van der Waals surface area contributed by atoms with Crippen LogP contribution in [0.1, 0.15) is 0 Å². The Labute approximate surface area is 41.2 Å². The fourth-order valence-corrected chi connectivity index (χ4v) is 0.0481. The van der Waals surface area contributed by atoms with Gasteiger partial charge in [-0.2, -0.15) is 0 Å². The number of rotatable bonds is 1. The fourth-order valence-electron chi connectivity index (χ4n) is 0.0481. The summed E-state index contributed by atoms with van der Waals surface area (Å²) >= 11 is 0. The van der Waals surface area contributed by atoms with Gasteiger partial charge in [0.05, 0.1) is 0 Å². The molecule has 0 aliphatic heterocycles. The van der Waals surface area contributed by atoms with Gasteiger partial charge in [0.25, 0.3) is 0 Å². The third-order valence-corrected chi connectivity index (χ3v) is 0.297. The summed E-state index contributed by atoms with van der Waals surface area (Å²) in [5.41, 5.74) is 0. The van der Waals surface area contributed by atoms with E-state index in [9.17, 15) is 9.59 Å². The second kappa shape index (κ2) is 5.16. The zero-order valence-electron chi connectivity index (χ0n) is 3.80. The molecular formula is C2H5BO4. The van der Waals surface area contributed by atoms with E-state index in [1.54, 1.807) is 0 Å². The lowest BCUT2D eigenvalue weighted by Gasteiger charge is -1.81. The molecule has 0 saturated carbocycles. The van der Waals surface area contributed by atoms with Gasteiger partial charge in [0.1, 0.15) is 0 Å². The maximum Gasteiger partial charge on any atom is 0.353 e. The maximum atomic E-state index is 9.59. The highest BCUT2D eigenvalue weighted by atomic mass is 16.5. The summed E-state index contributed by atoms with van der Waals surface area (Å²) in [5.74, 6) is -0.838. The molecule has 40 valence electrons. The second-order valence-corrected chi connectivity index (χ2v) is 0.641. The molecule has 0 heterocycles. The van der Waals surface area contributed by atoms with E-state index >= 15 is 0 Å². The molecule has 0 aromatic heterocycles. The lowest BCUT2D eigenvalue weighted by Crippen LogP contribution is -2.00. The van der Waals surface area contributed by atoms with E-state index in [1.165, 1.54) is 0 Å². The van der Waals surface area contributed by atoms with Crippen molar-refractivity contribution >= 4 is 20.3 Å². The molecule has 4 nitrogen and oxygen atoms in total. The van der Waals surface area contributed by atoms with Gasteiger partial charge in [-0.1, -0.05) is 0 Å². The molecule has 0 aromatic carbocycles. The smallest absolute Gasteiger partial charge is 0.353 e. The molecule has 2 N–H and O–H groups in total. The first-order valence-corrected chi connectivity index (χ1v) is 1.34. The van der Waals surface area contributed by atoms with E-state index in [-0.39, 0.29) is 11.8 Å². The molecule has 0 bridgehead atoms. The van der Waals surface area contributed by atoms with Gasteiger partial charge in [0.2, 0.25) is 6.29 Å². The third kappa shape index (κ3) is 5.16. The van der Waals surface area contributed by atoms with Crippen molar-refractivity contribution in [3.05, 3.63) is 0 Å². The first-order valence-electron chi connectivity index (χ1n) is 1.34. The summed E-state index contributed by atoms with van der Waals surface area (Å²) in [4.78, 5) is 18.9. The first kappa shape index (κ1) is 9.48. The first-order chi connectivity index (χ1) is 2.81. The zero-order chi connectivity index (χ0) is 4.99. The molecule has 0 aliphatic carbocycles. The van der Waals surface area contributed by atoms with Crippen molar-refractivity contribution in [2.75, 3.05) is 0 Å². The SMILES string of the molecule is BOC(=O)C=O.O. The van der Waals surface area contributed by atoms with Crippen molar-refractivity contribution in [2.45, 2.75) is 0 Å². The predicted octanol–water partition coefficient (Wildman–Crippen LogP) is -2.55. The van der Waals surface area contributed by atoms with Gasteiger partial charge in [0.15, 0.2) is 0 Å². The van der Waals surface area contributed by atoms with E-state index in [4.69, 9.17) is 0 Å². The van der Waals surface area contributed by atoms with Gasteiger partial charge >= 0.3 is 14.0 Å². The van der Waals surface area contributed by atoms with Gasteiger partial charge in [-0.05, 0) is 0 Å². The van der Waals surface area contributed by atoms with Crippen LogP contribution in [-0.4, -0.2) is 25.8 Å². The third-order valence-electron chi connectivity index (χ3n) is 0.297. The fraction of sp³-hybridized carbons (Fsp3) is 0. The van der Waals surface area contributed by atoms with Crippen molar-refractivity contribution in [1.29, 1.82) is 0 Å². The van der Waals surface area contributed by atoms with Gasteiger partial charge in [-0.15, -0.1) is 0 Å². The minimum absolute atomic E-state index is 0. The average Bonchev–Trinajstić information content (AvgIpc) is 1.65. The monoisotopic (exact) mass is 104 g/mol. The standard InChI is InChI=1S/C2H3BO3.H2O/c3-6-2(5)1-4;/h1H,3H2;1H2. The molecule has 7 heavy (non-hydrogen) atoms. The van der Waals surface area contributed by atoms with Crippen LogP contribution in [0.3, 0.4) is 0 Å². The normalized spacial score (nSPS) is 5.71. The van der Waals surface area contributed by atoms with Crippen LogP contribution in [0.5, 0.6) is 0 Å². The molecule has 0 aliphatic rings. The highest BCUT2D eigenvalue weighted by Crippen LogP contribution is 1.56. The number of carbonyl (C=O) groups is 2. The zero-order valence-corrected chi connectivity index (χ0v) is 3.80. The Morgan fingerprint density at radius 2 is 2.14 bits per heavy atom. The molecule has 0 rings (SSSR count). The topological polar surface area (TPSA) is 74.9 Å². The Hall–Kier alpha value is -0.835. The van der Waals surface area contributed by atoms with Crippen molar-refractivity contribution in [2.24, 2.45) is 0 Å². The van der Waals surface area contributed by atoms with Crippen molar-refractivity contribution in [1.82, 2.24) is 0 Å². The van der Waals surface area contributed by atoms with Crippen molar-refractivity contribution in [3.8, 4) is 0 Å². The maximum absolute atomic E-state index is 9.59. The number of aldehydes is 1. The lowest BCUT2D eigenvalue weighted by molar-refractivity contribution is -0.141. The van der Waals surface area contributed by atoms with Crippen LogP contribution in [0.15, 0.2) is 0 Å². The molecule has 0 spiro atoms. The Kier molecular flexibility index (Phi) is 7.00. The summed E-state index contributed by atoms with van der Waals surface area (Å²) < 4.78 is 3.89. The Bertz CT molecular complexity index is 70.1. The van der Waals surface area contributed by atoms with Crippen LogP contribution in [0.4, 0.5) is 0 Å². The van der Waals surface area contributed by atoms with Crippen LogP contribution < -0.4 is 0 Å². The number of hydrogen-bond donors (Lipinski definition) is 0. The van der Waals surface area contributed by atoms with Crippen LogP contribution in [0.2, 0.25) is 0 Å². The van der Waals surface area contributed by atoms with Gasteiger partial charge in [-0.3, -0.25) is 4.79 Å². The highest BCUT2D eigenvalue weighted by Gasteiger charge is 1.87. The van der Waals surface area contributed by atoms with E-state index in [2.05, 4.69) is 4.65 Å². The lowest BCUT2D eigenvalue weighted by atomic mass is 10.6. The van der Waals surface area contributed by atoms with Crippen molar-refractivity contribution in [3.63, 3.8) is 0 Å². The van der Waals surface area contributed by atoms with E-state index < -0.39 is 5.97 Å². The summed E-state index contributed by atoms with van der Waals surface area (Å²) in [7, 11) is 1.15. The van der Waals surface area contributed by atoms with E-state index in [0.29, 0.717) is 0 Å². The summed E-state index contributed by atoms with van der Waals surface area (Å²) in [6, 6.07) is 0. The van der Waals surface area contributed by atoms with E-state index in [0.717, 1.165) is 8.05 Å². The molecular weight excluding hydrogens is 98.8 g/mol. The summed E-state index contributed by atoms with van der Waals surface area (Å²) in [6.07, 6.45) is 0.111. The quantitative estimate of drug-likeness (QED) is 0.209. The second-order valence-electron chi connectivity index (χ2n) is 0.641. The highest BCUT2D eigenvalue weighted by molar-refractivity contribution is 6.26. The molecule has 0 unspecified atom stereocenters. The molecule has 0 fully saturated rings. The summed E-state index contributed by atoms with van der Waals surface area (Å²) in [5, 5.41) is 0. The van der Waals surface area contributed by atoms with Crippen molar-refractivity contribution < 1.29 is 19.7 Å². The molecule has 0 atom stereocenters. The molecule has 0 aromatic rings. The Morgan fingerprint density at radius 1 is 1.71 bits per heavy atom. The van der Waals surface area contributed by atoms with Crippen LogP contribution in [0, 0.1) is 0 Å². The minimum atomic E-state index is -0.838. The Balaban J connectivity index is 0. The van der Waals surface area contributed by atoms with Crippen LogP contribution in [-0.2, 0) is 14.2 Å². The van der Waals surface area contributed by atoms with Crippen LogP contribution in [0.25, 0.3) is 0 Å². The Morgan fingerprint density at radius 3 is 2.14 bits per heavy atom. The average molecular weight is 104 g/mol. The molecule has 0 amide bonds. The molecule has 0 saturated heterocycles. The largest absolute Gasteiger partial charge is 0.538 e. The number of carbonyl (C=O) groups excluding carboxylic acids is 2. The number of hydrogen-bond acceptors (Lipinski definition) is 3. The van der Waals surface area contributed by atoms with Crippen LogP contribution >= 0.6 is 0 Å². The van der Waals surface area contributed by atoms with E-state index in [1.807, 2.05) is 0 Å².